The van der Waals surface area contributed by atoms with E-state index in [0.29, 0.717) is 13.2 Å². The minimum absolute atomic E-state index is 0.0319. The van der Waals surface area contributed by atoms with Gasteiger partial charge in [-0.2, -0.15) is 0 Å². The third-order valence-corrected chi connectivity index (χ3v) is 4.75. The zero-order chi connectivity index (χ0) is 17.8. The predicted octanol–water partition coefficient (Wildman–Crippen LogP) is 3.63. The molecule has 1 atom stereocenters. The third-order valence-electron chi connectivity index (χ3n) is 4.75. The van der Waals surface area contributed by atoms with E-state index >= 15 is 0 Å². The first-order chi connectivity index (χ1) is 12.1. The molecule has 0 saturated carbocycles. The molecule has 1 amide bonds. The summed E-state index contributed by atoms with van der Waals surface area (Å²) in [5, 5.41) is 3.16. The number of ether oxygens (including phenoxy) is 1. The standard InChI is InChI=1S/C21H26N2O2/c1-15-8-9-16(2)19(14-15)17(3)22-21(24)18-6-4-5-7-20(18)23-10-12-25-13-11-23/h4-9,14,17H,10-13H2,1-3H3,(H,22,24). The van der Waals surface area contributed by atoms with Gasteiger partial charge in [-0.05, 0) is 44.0 Å². The lowest BCUT2D eigenvalue weighted by Crippen LogP contribution is -2.38. The molecule has 25 heavy (non-hydrogen) atoms. The Morgan fingerprint density at radius 3 is 2.60 bits per heavy atom. The summed E-state index contributed by atoms with van der Waals surface area (Å²) in [6.45, 7) is 9.23. The van der Waals surface area contributed by atoms with Crippen LogP contribution in [-0.2, 0) is 4.74 Å². The summed E-state index contributed by atoms with van der Waals surface area (Å²) >= 11 is 0. The van der Waals surface area contributed by atoms with Crippen LogP contribution in [0.15, 0.2) is 42.5 Å². The second kappa shape index (κ2) is 7.70. The molecule has 0 bridgehead atoms. The number of hydrogen-bond donors (Lipinski definition) is 1. The molecular formula is C21H26N2O2. The van der Waals surface area contributed by atoms with Gasteiger partial charge in [0.25, 0.3) is 5.91 Å². The van der Waals surface area contributed by atoms with E-state index in [0.717, 1.165) is 29.9 Å². The van der Waals surface area contributed by atoms with Crippen molar-refractivity contribution in [1.29, 1.82) is 0 Å². The molecular weight excluding hydrogens is 312 g/mol. The Bertz CT molecular complexity index is 751. The number of rotatable bonds is 4. The normalized spacial score (nSPS) is 15.7. The van der Waals surface area contributed by atoms with Crippen molar-refractivity contribution in [3.63, 3.8) is 0 Å². The number of hydrogen-bond acceptors (Lipinski definition) is 3. The van der Waals surface area contributed by atoms with E-state index in [4.69, 9.17) is 4.74 Å². The number of carbonyl (C=O) groups is 1. The highest BCUT2D eigenvalue weighted by atomic mass is 16.5. The molecule has 2 aromatic carbocycles. The lowest BCUT2D eigenvalue weighted by molar-refractivity contribution is 0.0938. The monoisotopic (exact) mass is 338 g/mol. The Balaban J connectivity index is 1.80. The molecule has 4 nitrogen and oxygen atoms in total. The van der Waals surface area contributed by atoms with Gasteiger partial charge in [-0.25, -0.2) is 0 Å². The van der Waals surface area contributed by atoms with Crippen LogP contribution in [-0.4, -0.2) is 32.2 Å². The molecule has 1 heterocycles. The Kier molecular flexibility index (Phi) is 5.39. The van der Waals surface area contributed by atoms with Crippen LogP contribution in [0.5, 0.6) is 0 Å². The van der Waals surface area contributed by atoms with Gasteiger partial charge < -0.3 is 15.0 Å². The first-order valence-electron chi connectivity index (χ1n) is 8.86. The minimum atomic E-state index is -0.0369. The van der Waals surface area contributed by atoms with Crippen molar-refractivity contribution in [2.24, 2.45) is 0 Å². The van der Waals surface area contributed by atoms with Crippen LogP contribution in [0.3, 0.4) is 0 Å². The number of aryl methyl sites for hydroxylation is 2. The Hall–Kier alpha value is -2.33. The molecule has 0 aromatic heterocycles. The summed E-state index contributed by atoms with van der Waals surface area (Å²) < 4.78 is 5.43. The fourth-order valence-corrected chi connectivity index (χ4v) is 3.32. The van der Waals surface area contributed by atoms with Crippen molar-refractivity contribution >= 4 is 11.6 Å². The molecule has 0 radical (unpaired) electrons. The second-order valence-corrected chi connectivity index (χ2v) is 6.67. The highest BCUT2D eigenvalue weighted by molar-refractivity contribution is 6.00. The Morgan fingerprint density at radius 1 is 1.12 bits per heavy atom. The molecule has 1 fully saturated rings. The van der Waals surface area contributed by atoms with E-state index in [1.165, 1.54) is 11.1 Å². The van der Waals surface area contributed by atoms with Gasteiger partial charge in [0.15, 0.2) is 0 Å². The molecule has 0 spiro atoms. The lowest BCUT2D eigenvalue weighted by atomic mass is 9.99. The smallest absolute Gasteiger partial charge is 0.253 e. The van der Waals surface area contributed by atoms with Crippen LogP contribution < -0.4 is 10.2 Å². The number of carbonyl (C=O) groups excluding carboxylic acids is 1. The van der Waals surface area contributed by atoms with Crippen LogP contribution in [0.2, 0.25) is 0 Å². The molecule has 1 aliphatic rings. The topological polar surface area (TPSA) is 41.6 Å². The van der Waals surface area contributed by atoms with Crippen molar-refractivity contribution in [3.05, 3.63) is 64.7 Å². The van der Waals surface area contributed by atoms with Crippen LogP contribution >= 0.6 is 0 Å². The zero-order valence-corrected chi connectivity index (χ0v) is 15.2. The fourth-order valence-electron chi connectivity index (χ4n) is 3.32. The summed E-state index contributed by atoms with van der Waals surface area (Å²) in [6.07, 6.45) is 0. The quantitative estimate of drug-likeness (QED) is 0.925. The minimum Gasteiger partial charge on any atom is -0.378 e. The molecule has 1 unspecified atom stereocenters. The third kappa shape index (κ3) is 4.02. The number of nitrogens with one attached hydrogen (secondary N) is 1. The first kappa shape index (κ1) is 17.5. The van der Waals surface area contributed by atoms with Gasteiger partial charge in [0.2, 0.25) is 0 Å². The average molecular weight is 338 g/mol. The number of nitrogens with zero attached hydrogens (tertiary/aromatic N) is 1. The average Bonchev–Trinajstić information content (AvgIpc) is 2.64. The maximum absolute atomic E-state index is 12.9. The van der Waals surface area contributed by atoms with E-state index in [-0.39, 0.29) is 11.9 Å². The maximum Gasteiger partial charge on any atom is 0.253 e. The van der Waals surface area contributed by atoms with E-state index in [1.54, 1.807) is 0 Å². The van der Waals surface area contributed by atoms with Crippen molar-refractivity contribution in [1.82, 2.24) is 5.32 Å². The number of amides is 1. The summed E-state index contributed by atoms with van der Waals surface area (Å²) in [5.41, 5.74) is 5.27. The highest BCUT2D eigenvalue weighted by Crippen LogP contribution is 2.24. The summed E-state index contributed by atoms with van der Waals surface area (Å²) in [4.78, 5) is 15.1. The molecule has 3 rings (SSSR count). The number of benzene rings is 2. The molecule has 2 aromatic rings. The van der Waals surface area contributed by atoms with E-state index in [9.17, 15) is 4.79 Å². The number of anilines is 1. The van der Waals surface area contributed by atoms with Gasteiger partial charge in [0.1, 0.15) is 0 Å². The lowest BCUT2D eigenvalue weighted by Gasteiger charge is -2.30. The Labute approximate surface area is 149 Å². The molecule has 1 saturated heterocycles. The second-order valence-electron chi connectivity index (χ2n) is 6.67. The van der Waals surface area contributed by atoms with Crippen LogP contribution in [0.1, 0.15) is 40.0 Å². The molecule has 1 aliphatic heterocycles. The fraction of sp³-hybridized carbons (Fsp3) is 0.381. The van der Waals surface area contributed by atoms with Gasteiger partial charge in [-0.15, -0.1) is 0 Å². The molecule has 4 heteroatoms. The number of para-hydroxylation sites is 1. The van der Waals surface area contributed by atoms with Crippen molar-refractivity contribution in [2.75, 3.05) is 31.2 Å². The highest BCUT2D eigenvalue weighted by Gasteiger charge is 2.20. The van der Waals surface area contributed by atoms with Crippen LogP contribution in [0.25, 0.3) is 0 Å². The van der Waals surface area contributed by atoms with Crippen LogP contribution in [0, 0.1) is 13.8 Å². The summed E-state index contributed by atoms with van der Waals surface area (Å²) in [5.74, 6) is -0.0319. The van der Waals surface area contributed by atoms with Gasteiger partial charge >= 0.3 is 0 Å². The molecule has 0 aliphatic carbocycles. The van der Waals surface area contributed by atoms with E-state index in [2.05, 4.69) is 42.3 Å². The summed E-state index contributed by atoms with van der Waals surface area (Å²) in [6, 6.07) is 14.1. The van der Waals surface area contributed by atoms with Crippen LogP contribution in [0.4, 0.5) is 5.69 Å². The van der Waals surface area contributed by atoms with Gasteiger partial charge in [0.05, 0.1) is 24.8 Å². The van der Waals surface area contributed by atoms with Crippen molar-refractivity contribution in [3.8, 4) is 0 Å². The van der Waals surface area contributed by atoms with Gasteiger partial charge in [0, 0.05) is 18.8 Å². The Morgan fingerprint density at radius 2 is 1.84 bits per heavy atom. The molecule has 1 N–H and O–H groups in total. The van der Waals surface area contributed by atoms with E-state index in [1.807, 2.05) is 31.2 Å². The number of morpholine rings is 1. The van der Waals surface area contributed by atoms with Gasteiger partial charge in [-0.1, -0.05) is 35.9 Å². The SMILES string of the molecule is Cc1ccc(C)c(C(C)NC(=O)c2ccccc2N2CCOCC2)c1. The largest absolute Gasteiger partial charge is 0.378 e. The van der Waals surface area contributed by atoms with Gasteiger partial charge in [-0.3, -0.25) is 4.79 Å². The van der Waals surface area contributed by atoms with E-state index < -0.39 is 0 Å². The van der Waals surface area contributed by atoms with Crippen molar-refractivity contribution < 1.29 is 9.53 Å². The summed E-state index contributed by atoms with van der Waals surface area (Å²) in [7, 11) is 0. The zero-order valence-electron chi connectivity index (χ0n) is 15.2. The first-order valence-corrected chi connectivity index (χ1v) is 8.86. The predicted molar refractivity (Wildman–Crippen MR) is 101 cm³/mol. The molecule has 132 valence electrons. The maximum atomic E-state index is 12.9. The van der Waals surface area contributed by atoms with Crippen molar-refractivity contribution in [2.45, 2.75) is 26.8 Å².